The van der Waals surface area contributed by atoms with Gasteiger partial charge < -0.3 is 10.1 Å². The highest BCUT2D eigenvalue weighted by atomic mass is 32.2. The molecule has 0 saturated heterocycles. The number of anilines is 1. The van der Waals surface area contributed by atoms with Crippen molar-refractivity contribution in [2.75, 3.05) is 17.7 Å². The molecule has 2 aromatic rings. The number of carbonyl (C=O) groups is 1. The van der Waals surface area contributed by atoms with Crippen molar-refractivity contribution in [1.82, 2.24) is 0 Å². The first kappa shape index (κ1) is 19.0. The zero-order valence-electron chi connectivity index (χ0n) is 14.7. The van der Waals surface area contributed by atoms with E-state index < -0.39 is 9.84 Å². The van der Waals surface area contributed by atoms with E-state index in [-0.39, 0.29) is 29.6 Å². The molecule has 5 nitrogen and oxygen atoms in total. The molecule has 0 atom stereocenters. The van der Waals surface area contributed by atoms with Crippen molar-refractivity contribution in [3.63, 3.8) is 0 Å². The minimum atomic E-state index is -3.23. The molecule has 0 saturated carbocycles. The van der Waals surface area contributed by atoms with Crippen LogP contribution in [0, 0.1) is 13.8 Å². The zero-order valence-corrected chi connectivity index (χ0v) is 15.5. The summed E-state index contributed by atoms with van der Waals surface area (Å²) >= 11 is 0. The lowest BCUT2D eigenvalue weighted by Gasteiger charge is -2.10. The van der Waals surface area contributed by atoms with Crippen LogP contribution in [0.4, 0.5) is 5.69 Å². The Morgan fingerprint density at radius 3 is 2.36 bits per heavy atom. The standard InChI is InChI=1S/C19H23NO4S/c1-4-25(22,23)17-8-6-16(7-9-17)20-19(21)11-12-24-18-10-5-14(2)13-15(18)3/h5-10,13H,4,11-12H2,1-3H3,(H,20,21). The second-order valence-electron chi connectivity index (χ2n) is 5.84. The zero-order chi connectivity index (χ0) is 18.4. The van der Waals surface area contributed by atoms with Gasteiger partial charge >= 0.3 is 0 Å². The number of rotatable bonds is 7. The fourth-order valence-electron chi connectivity index (χ4n) is 2.35. The molecule has 1 N–H and O–H groups in total. The van der Waals surface area contributed by atoms with Crippen molar-refractivity contribution in [2.24, 2.45) is 0 Å². The fraction of sp³-hybridized carbons (Fsp3) is 0.316. The predicted molar refractivity (Wildman–Crippen MR) is 98.8 cm³/mol. The van der Waals surface area contributed by atoms with Crippen molar-refractivity contribution in [1.29, 1.82) is 0 Å². The first-order valence-electron chi connectivity index (χ1n) is 8.14. The van der Waals surface area contributed by atoms with Gasteiger partial charge in [0.05, 0.1) is 23.7 Å². The second kappa shape index (κ2) is 8.16. The summed E-state index contributed by atoms with van der Waals surface area (Å²) in [5.74, 6) is 0.637. The summed E-state index contributed by atoms with van der Waals surface area (Å²) in [6.45, 7) is 5.86. The van der Waals surface area contributed by atoms with E-state index in [9.17, 15) is 13.2 Å². The predicted octanol–water partition coefficient (Wildman–Crippen LogP) is 3.50. The number of benzene rings is 2. The third kappa shape index (κ3) is 5.32. The summed E-state index contributed by atoms with van der Waals surface area (Å²) in [5.41, 5.74) is 2.76. The third-order valence-electron chi connectivity index (χ3n) is 3.79. The smallest absolute Gasteiger partial charge is 0.227 e. The molecule has 0 aromatic heterocycles. The number of hydrogen-bond donors (Lipinski definition) is 1. The lowest BCUT2D eigenvalue weighted by molar-refractivity contribution is -0.116. The van der Waals surface area contributed by atoms with E-state index in [4.69, 9.17) is 4.74 Å². The number of hydrogen-bond acceptors (Lipinski definition) is 4. The highest BCUT2D eigenvalue weighted by molar-refractivity contribution is 7.91. The molecular weight excluding hydrogens is 338 g/mol. The SMILES string of the molecule is CCS(=O)(=O)c1ccc(NC(=O)CCOc2ccc(C)cc2C)cc1. The fourth-order valence-corrected chi connectivity index (χ4v) is 3.23. The van der Waals surface area contributed by atoms with E-state index in [0.29, 0.717) is 5.69 Å². The molecule has 0 unspecified atom stereocenters. The Morgan fingerprint density at radius 1 is 1.08 bits per heavy atom. The number of aryl methyl sites for hydroxylation is 2. The van der Waals surface area contributed by atoms with Gasteiger partial charge in [0.2, 0.25) is 5.91 Å². The molecule has 25 heavy (non-hydrogen) atoms. The molecule has 0 aliphatic rings. The maximum atomic E-state index is 12.0. The van der Waals surface area contributed by atoms with Gasteiger partial charge in [-0.3, -0.25) is 4.79 Å². The molecule has 1 amide bonds. The summed E-state index contributed by atoms with van der Waals surface area (Å²) in [4.78, 5) is 12.2. The number of carbonyl (C=O) groups excluding carboxylic acids is 1. The van der Waals surface area contributed by atoms with E-state index in [0.717, 1.165) is 16.9 Å². The second-order valence-corrected chi connectivity index (χ2v) is 8.12. The summed E-state index contributed by atoms with van der Waals surface area (Å²) in [6, 6.07) is 12.1. The molecule has 0 aliphatic heterocycles. The molecule has 2 rings (SSSR count). The Kier molecular flexibility index (Phi) is 6.20. The first-order valence-corrected chi connectivity index (χ1v) is 9.80. The maximum absolute atomic E-state index is 12.0. The lowest BCUT2D eigenvalue weighted by atomic mass is 10.1. The van der Waals surface area contributed by atoms with Gasteiger partial charge in [0, 0.05) is 5.69 Å². The summed E-state index contributed by atoms with van der Waals surface area (Å²) in [5, 5.41) is 2.73. The van der Waals surface area contributed by atoms with Gasteiger partial charge in [-0.1, -0.05) is 24.6 Å². The van der Waals surface area contributed by atoms with Gasteiger partial charge in [0.25, 0.3) is 0 Å². The van der Waals surface area contributed by atoms with Gasteiger partial charge in [-0.05, 0) is 49.7 Å². The van der Waals surface area contributed by atoms with E-state index in [1.165, 1.54) is 12.1 Å². The first-order chi connectivity index (χ1) is 11.8. The minimum Gasteiger partial charge on any atom is -0.493 e. The van der Waals surface area contributed by atoms with Crippen LogP contribution >= 0.6 is 0 Å². The molecule has 0 aliphatic carbocycles. The number of ether oxygens (including phenoxy) is 1. The average molecular weight is 361 g/mol. The van der Waals surface area contributed by atoms with Gasteiger partial charge in [-0.15, -0.1) is 0 Å². The van der Waals surface area contributed by atoms with Crippen molar-refractivity contribution in [3.8, 4) is 5.75 Å². The van der Waals surface area contributed by atoms with E-state index in [2.05, 4.69) is 5.32 Å². The van der Waals surface area contributed by atoms with Crippen molar-refractivity contribution in [3.05, 3.63) is 53.6 Å². The largest absolute Gasteiger partial charge is 0.493 e. The monoisotopic (exact) mass is 361 g/mol. The quantitative estimate of drug-likeness (QED) is 0.819. The van der Waals surface area contributed by atoms with Crippen LogP contribution in [-0.4, -0.2) is 26.7 Å². The number of nitrogens with one attached hydrogen (secondary N) is 1. The summed E-state index contributed by atoms with van der Waals surface area (Å²) in [6.07, 6.45) is 0.211. The Bertz CT molecular complexity index is 842. The highest BCUT2D eigenvalue weighted by Gasteiger charge is 2.11. The maximum Gasteiger partial charge on any atom is 0.227 e. The van der Waals surface area contributed by atoms with Crippen molar-refractivity contribution >= 4 is 21.4 Å². The van der Waals surface area contributed by atoms with Gasteiger partial charge in [0.15, 0.2) is 9.84 Å². The Hall–Kier alpha value is -2.34. The Labute approximate surface area is 148 Å². The average Bonchev–Trinajstić information content (AvgIpc) is 2.57. The molecule has 6 heteroatoms. The minimum absolute atomic E-state index is 0.0501. The van der Waals surface area contributed by atoms with Crippen LogP contribution in [0.5, 0.6) is 5.75 Å². The van der Waals surface area contributed by atoms with Crippen LogP contribution in [0.3, 0.4) is 0 Å². The lowest BCUT2D eigenvalue weighted by Crippen LogP contribution is -2.15. The topological polar surface area (TPSA) is 72.5 Å². The molecule has 0 radical (unpaired) electrons. The van der Waals surface area contributed by atoms with Crippen LogP contribution in [0.25, 0.3) is 0 Å². The van der Waals surface area contributed by atoms with Crippen molar-refractivity contribution < 1.29 is 17.9 Å². The van der Waals surface area contributed by atoms with Crippen molar-refractivity contribution in [2.45, 2.75) is 32.1 Å². The Morgan fingerprint density at radius 2 is 1.76 bits per heavy atom. The van der Waals surface area contributed by atoms with Crippen LogP contribution in [0.15, 0.2) is 47.4 Å². The van der Waals surface area contributed by atoms with Gasteiger partial charge in [0.1, 0.15) is 5.75 Å². The van der Waals surface area contributed by atoms with E-state index in [1.54, 1.807) is 19.1 Å². The van der Waals surface area contributed by atoms with Gasteiger partial charge in [-0.25, -0.2) is 8.42 Å². The van der Waals surface area contributed by atoms with Gasteiger partial charge in [-0.2, -0.15) is 0 Å². The van der Waals surface area contributed by atoms with E-state index in [1.807, 2.05) is 32.0 Å². The van der Waals surface area contributed by atoms with Crippen LogP contribution in [0.2, 0.25) is 0 Å². The molecule has 0 bridgehead atoms. The molecule has 0 spiro atoms. The Balaban J connectivity index is 1.86. The summed E-state index contributed by atoms with van der Waals surface area (Å²) < 4.78 is 29.1. The van der Waals surface area contributed by atoms with Crippen LogP contribution < -0.4 is 10.1 Å². The van der Waals surface area contributed by atoms with Crippen LogP contribution in [-0.2, 0) is 14.6 Å². The third-order valence-corrected chi connectivity index (χ3v) is 5.54. The number of amides is 1. The normalized spacial score (nSPS) is 11.2. The van der Waals surface area contributed by atoms with E-state index >= 15 is 0 Å². The molecule has 0 fully saturated rings. The molecular formula is C19H23NO4S. The van der Waals surface area contributed by atoms with Crippen LogP contribution in [0.1, 0.15) is 24.5 Å². The highest BCUT2D eigenvalue weighted by Crippen LogP contribution is 2.19. The molecule has 134 valence electrons. The number of sulfone groups is 1. The summed E-state index contributed by atoms with van der Waals surface area (Å²) in [7, 11) is -3.23. The molecule has 0 heterocycles. The molecule has 2 aromatic carbocycles.